The van der Waals surface area contributed by atoms with Crippen molar-refractivity contribution in [1.82, 2.24) is 5.32 Å². The van der Waals surface area contributed by atoms with Crippen molar-refractivity contribution in [2.24, 2.45) is 0 Å². The third kappa shape index (κ3) is 4.58. The predicted molar refractivity (Wildman–Crippen MR) is 62.2 cm³/mol. The van der Waals surface area contributed by atoms with Gasteiger partial charge >= 0.3 is 5.97 Å². The summed E-state index contributed by atoms with van der Waals surface area (Å²) in [5, 5.41) is 23.5. The number of nitro groups is 1. The number of carboxylic acid groups (broad SMARTS) is 1. The highest BCUT2D eigenvalue weighted by Crippen LogP contribution is 2.24. The number of carboxylic acids is 1. The number of halogens is 1. The summed E-state index contributed by atoms with van der Waals surface area (Å²) in [7, 11) is 0. The lowest BCUT2D eigenvalue weighted by Crippen LogP contribution is -2.33. The van der Waals surface area contributed by atoms with Crippen LogP contribution < -0.4 is 10.6 Å². The highest BCUT2D eigenvalue weighted by atomic mass is 19.1. The molecule has 19 heavy (non-hydrogen) atoms. The monoisotopic (exact) mass is 271 g/mol. The highest BCUT2D eigenvalue weighted by Gasteiger charge is 2.15. The zero-order valence-electron chi connectivity index (χ0n) is 9.55. The van der Waals surface area contributed by atoms with E-state index >= 15 is 0 Å². The molecule has 8 nitrogen and oxygen atoms in total. The van der Waals surface area contributed by atoms with E-state index in [2.05, 4.69) is 10.6 Å². The first kappa shape index (κ1) is 14.4. The Kier molecular flexibility index (Phi) is 4.75. The van der Waals surface area contributed by atoms with Gasteiger partial charge in [0, 0.05) is 0 Å². The smallest absolute Gasteiger partial charge is 0.322 e. The molecule has 0 spiro atoms. The summed E-state index contributed by atoms with van der Waals surface area (Å²) in [6.45, 7) is -0.911. The molecule has 0 atom stereocenters. The minimum Gasteiger partial charge on any atom is -0.480 e. The summed E-state index contributed by atoms with van der Waals surface area (Å²) >= 11 is 0. The number of nitrogens with one attached hydrogen (secondary N) is 2. The molecule has 0 aliphatic heterocycles. The summed E-state index contributed by atoms with van der Waals surface area (Å²) in [4.78, 5) is 31.2. The second kappa shape index (κ2) is 6.28. The van der Waals surface area contributed by atoms with Crippen LogP contribution in [-0.2, 0) is 9.59 Å². The van der Waals surface area contributed by atoms with Crippen molar-refractivity contribution in [2.75, 3.05) is 18.4 Å². The number of aliphatic carboxylic acids is 1. The average molecular weight is 271 g/mol. The zero-order chi connectivity index (χ0) is 14.4. The van der Waals surface area contributed by atoms with E-state index in [-0.39, 0.29) is 12.2 Å². The number of carbonyl (C=O) groups is 2. The molecule has 0 aromatic heterocycles. The maximum atomic E-state index is 12.8. The number of rotatable bonds is 6. The Labute approximate surface area is 106 Å². The van der Waals surface area contributed by atoms with E-state index in [1.807, 2.05) is 0 Å². The minimum absolute atomic E-state index is 0.0307. The first-order valence-corrected chi connectivity index (χ1v) is 5.06. The van der Waals surface area contributed by atoms with Gasteiger partial charge in [-0.15, -0.1) is 0 Å². The number of benzene rings is 1. The van der Waals surface area contributed by atoms with Gasteiger partial charge in [-0.05, 0) is 12.1 Å². The van der Waals surface area contributed by atoms with Gasteiger partial charge in [-0.3, -0.25) is 19.7 Å². The number of hydrogen-bond donors (Lipinski definition) is 3. The molecule has 0 saturated heterocycles. The van der Waals surface area contributed by atoms with Gasteiger partial charge in [0.1, 0.15) is 18.0 Å². The fraction of sp³-hybridized carbons (Fsp3) is 0.200. The molecular weight excluding hydrogens is 261 g/mol. The van der Waals surface area contributed by atoms with Crippen molar-refractivity contribution in [3.8, 4) is 0 Å². The van der Waals surface area contributed by atoms with Gasteiger partial charge in [-0.25, -0.2) is 4.39 Å². The van der Waals surface area contributed by atoms with Crippen LogP contribution in [0.3, 0.4) is 0 Å². The van der Waals surface area contributed by atoms with E-state index in [1.54, 1.807) is 0 Å². The average Bonchev–Trinajstić information content (AvgIpc) is 2.34. The van der Waals surface area contributed by atoms with Crippen LogP contribution in [0.5, 0.6) is 0 Å². The molecule has 0 bridgehead atoms. The quantitative estimate of drug-likeness (QED) is 0.507. The Morgan fingerprint density at radius 3 is 2.63 bits per heavy atom. The van der Waals surface area contributed by atoms with Crippen molar-refractivity contribution >= 4 is 23.3 Å². The molecule has 0 unspecified atom stereocenters. The fourth-order valence-electron chi connectivity index (χ4n) is 1.22. The largest absolute Gasteiger partial charge is 0.480 e. The summed E-state index contributed by atoms with van der Waals surface area (Å²) in [6.07, 6.45) is 0. The Balaban J connectivity index is 2.65. The van der Waals surface area contributed by atoms with Gasteiger partial charge in [0.15, 0.2) is 0 Å². The Bertz CT molecular complexity index is 520. The molecule has 0 heterocycles. The number of carbonyl (C=O) groups excluding carboxylic acids is 1. The van der Waals surface area contributed by atoms with Crippen molar-refractivity contribution in [2.45, 2.75) is 0 Å². The normalized spacial score (nSPS) is 9.74. The summed E-state index contributed by atoms with van der Waals surface area (Å²) in [5.74, 6) is -2.63. The molecule has 1 aromatic rings. The van der Waals surface area contributed by atoms with Gasteiger partial charge in [-0.1, -0.05) is 0 Å². The molecule has 3 N–H and O–H groups in total. The maximum Gasteiger partial charge on any atom is 0.322 e. The second-order valence-corrected chi connectivity index (χ2v) is 3.44. The Hall–Kier alpha value is -2.71. The van der Waals surface area contributed by atoms with Crippen molar-refractivity contribution in [1.29, 1.82) is 0 Å². The van der Waals surface area contributed by atoms with Gasteiger partial charge in [0.2, 0.25) is 5.91 Å². The lowest BCUT2D eigenvalue weighted by Gasteiger charge is -2.07. The predicted octanol–water partition coefficient (Wildman–Crippen LogP) is 0.347. The van der Waals surface area contributed by atoms with Gasteiger partial charge in [-0.2, -0.15) is 0 Å². The van der Waals surface area contributed by atoms with Crippen LogP contribution in [0.25, 0.3) is 0 Å². The van der Waals surface area contributed by atoms with Gasteiger partial charge in [0.25, 0.3) is 5.69 Å². The topological polar surface area (TPSA) is 122 Å². The van der Waals surface area contributed by atoms with E-state index < -0.39 is 34.8 Å². The number of anilines is 1. The number of nitro benzene ring substituents is 1. The summed E-state index contributed by atoms with van der Waals surface area (Å²) < 4.78 is 12.8. The molecule has 1 aromatic carbocycles. The van der Waals surface area contributed by atoms with Crippen LogP contribution in [-0.4, -0.2) is 35.0 Å². The number of amides is 1. The van der Waals surface area contributed by atoms with Crippen molar-refractivity contribution in [3.05, 3.63) is 34.1 Å². The SMILES string of the molecule is O=C(O)CNC(=O)CNc1ccc(F)cc1[N+](=O)[O-]. The molecule has 102 valence electrons. The van der Waals surface area contributed by atoms with Crippen LogP contribution >= 0.6 is 0 Å². The molecule has 9 heteroatoms. The lowest BCUT2D eigenvalue weighted by atomic mass is 10.2. The number of nitrogens with zero attached hydrogens (tertiary/aromatic N) is 1. The van der Waals surface area contributed by atoms with E-state index in [9.17, 15) is 24.1 Å². The lowest BCUT2D eigenvalue weighted by molar-refractivity contribution is -0.384. The van der Waals surface area contributed by atoms with E-state index in [0.29, 0.717) is 0 Å². The van der Waals surface area contributed by atoms with Crippen LogP contribution in [0.1, 0.15) is 0 Å². The van der Waals surface area contributed by atoms with Crippen LogP contribution in [0, 0.1) is 15.9 Å². The maximum absolute atomic E-state index is 12.8. The Morgan fingerprint density at radius 1 is 1.37 bits per heavy atom. The van der Waals surface area contributed by atoms with Gasteiger partial charge < -0.3 is 15.7 Å². The van der Waals surface area contributed by atoms with Crippen LogP contribution in [0.2, 0.25) is 0 Å². The standard InChI is InChI=1S/C10H10FN3O5/c11-6-1-2-7(8(3-6)14(18)19)12-4-9(15)13-5-10(16)17/h1-3,12H,4-5H2,(H,13,15)(H,16,17). The van der Waals surface area contributed by atoms with Crippen molar-refractivity contribution < 1.29 is 24.0 Å². The molecule has 0 aliphatic carbocycles. The first-order chi connectivity index (χ1) is 8.90. The second-order valence-electron chi connectivity index (χ2n) is 3.44. The molecule has 0 saturated carbocycles. The summed E-state index contributed by atoms with van der Waals surface area (Å²) in [5.41, 5.74) is -0.539. The molecule has 1 rings (SSSR count). The highest BCUT2D eigenvalue weighted by molar-refractivity contribution is 5.84. The van der Waals surface area contributed by atoms with Crippen LogP contribution in [0.4, 0.5) is 15.8 Å². The van der Waals surface area contributed by atoms with Crippen LogP contribution in [0.15, 0.2) is 18.2 Å². The third-order valence-electron chi connectivity index (χ3n) is 2.03. The summed E-state index contributed by atoms with van der Waals surface area (Å²) in [6, 6.07) is 2.85. The molecule has 0 radical (unpaired) electrons. The first-order valence-electron chi connectivity index (χ1n) is 5.06. The molecule has 0 fully saturated rings. The molecule has 0 aliphatic rings. The minimum atomic E-state index is -1.21. The molecule has 1 amide bonds. The van der Waals surface area contributed by atoms with E-state index in [1.165, 1.54) is 0 Å². The van der Waals surface area contributed by atoms with E-state index in [4.69, 9.17) is 5.11 Å². The Morgan fingerprint density at radius 2 is 2.05 bits per heavy atom. The van der Waals surface area contributed by atoms with E-state index in [0.717, 1.165) is 18.2 Å². The zero-order valence-corrected chi connectivity index (χ0v) is 9.55. The van der Waals surface area contributed by atoms with Gasteiger partial charge in [0.05, 0.1) is 17.5 Å². The van der Waals surface area contributed by atoms with Crippen molar-refractivity contribution in [3.63, 3.8) is 0 Å². The third-order valence-corrected chi connectivity index (χ3v) is 2.03. The molecular formula is C10H10FN3O5. The number of hydrogen-bond acceptors (Lipinski definition) is 5. The fourth-order valence-corrected chi connectivity index (χ4v) is 1.22.